The lowest BCUT2D eigenvalue weighted by molar-refractivity contribution is 0.597. The Labute approximate surface area is 108 Å². The highest BCUT2D eigenvalue weighted by Gasteiger charge is 2.21. The molecule has 4 heteroatoms. The van der Waals surface area contributed by atoms with E-state index in [0.717, 1.165) is 11.1 Å². The van der Waals surface area contributed by atoms with Gasteiger partial charge in [-0.05, 0) is 23.3 Å². The third-order valence-electron chi connectivity index (χ3n) is 3.03. The molecule has 2 rings (SSSR count). The Bertz CT molecular complexity index is 511. The van der Waals surface area contributed by atoms with Crippen LogP contribution in [0.3, 0.4) is 0 Å². The normalized spacial score (nSPS) is 10.9. The van der Waals surface area contributed by atoms with Gasteiger partial charge in [0.05, 0.1) is 5.92 Å². The molecule has 0 saturated carbocycles. The van der Waals surface area contributed by atoms with Gasteiger partial charge in [-0.25, -0.2) is 0 Å². The molecule has 0 aliphatic rings. The molecule has 0 heterocycles. The predicted octanol–water partition coefficient (Wildman–Crippen LogP) is 3.01. The predicted molar refractivity (Wildman–Crippen MR) is 77.4 cm³/mol. The van der Waals surface area contributed by atoms with Crippen LogP contribution in [0, 0.1) is 0 Å². The Kier molecular flexibility index (Phi) is 3.96. The minimum absolute atomic E-state index is 0.0109. The highest BCUT2D eigenvalue weighted by atomic mass is 31.1. The summed E-state index contributed by atoms with van der Waals surface area (Å²) in [6.45, 7) is 0. The number of para-hydroxylation sites is 2. The van der Waals surface area contributed by atoms with Crippen LogP contribution in [0.2, 0.25) is 0 Å². The molecule has 0 fully saturated rings. The average molecular weight is 259 g/mol. The first kappa shape index (κ1) is 12.6. The van der Waals surface area contributed by atoms with Crippen LogP contribution < -0.4 is 11.5 Å². The van der Waals surface area contributed by atoms with E-state index in [2.05, 4.69) is 0 Å². The van der Waals surface area contributed by atoms with E-state index in [4.69, 9.17) is 11.5 Å². The maximum absolute atomic E-state index is 11.1. The second kappa shape index (κ2) is 5.65. The quantitative estimate of drug-likeness (QED) is 0.655. The van der Waals surface area contributed by atoms with Crippen LogP contribution in [0.25, 0.3) is 0 Å². The van der Waals surface area contributed by atoms with E-state index in [1.807, 2.05) is 48.5 Å². The largest absolute Gasteiger partial charge is 0.398 e. The fourth-order valence-electron chi connectivity index (χ4n) is 2.13. The minimum atomic E-state index is -0.379. The number of hydrogen-bond donors (Lipinski definition) is 2. The standard InChI is InChI=1S/C14H15N2OP/c15-13-7-3-1-5-10(13)12(9-18-17)11-6-2-4-8-14(11)16/h1-8,12H,9,15-16H2/p+1. The number of benzene rings is 2. The van der Waals surface area contributed by atoms with Gasteiger partial charge in [0.25, 0.3) is 0 Å². The highest BCUT2D eigenvalue weighted by molar-refractivity contribution is 7.23. The summed E-state index contributed by atoms with van der Waals surface area (Å²) in [7, 11) is -0.379. The van der Waals surface area contributed by atoms with Crippen LogP contribution in [-0.2, 0) is 4.57 Å². The van der Waals surface area contributed by atoms with E-state index >= 15 is 0 Å². The Morgan fingerprint density at radius 3 is 1.72 bits per heavy atom. The van der Waals surface area contributed by atoms with E-state index in [-0.39, 0.29) is 14.4 Å². The van der Waals surface area contributed by atoms with Crippen molar-refractivity contribution in [1.82, 2.24) is 0 Å². The highest BCUT2D eigenvalue weighted by Crippen LogP contribution is 2.34. The lowest BCUT2D eigenvalue weighted by Gasteiger charge is -2.16. The molecule has 18 heavy (non-hydrogen) atoms. The fourth-order valence-corrected chi connectivity index (χ4v) is 2.73. The summed E-state index contributed by atoms with van der Waals surface area (Å²) in [5.74, 6) is -0.0109. The molecule has 1 unspecified atom stereocenters. The summed E-state index contributed by atoms with van der Waals surface area (Å²) in [5.41, 5.74) is 15.4. The third-order valence-corrected chi connectivity index (χ3v) is 3.61. The smallest absolute Gasteiger partial charge is 0.325 e. The Balaban J connectivity index is 2.50. The number of rotatable bonds is 4. The molecule has 2 aromatic rings. The summed E-state index contributed by atoms with van der Waals surface area (Å²) in [6.07, 6.45) is 0.530. The molecule has 0 radical (unpaired) electrons. The maximum Gasteiger partial charge on any atom is 0.325 e. The fraction of sp³-hybridized carbons (Fsp3) is 0.143. The molecule has 4 N–H and O–H groups in total. The van der Waals surface area contributed by atoms with Crippen LogP contribution in [0.15, 0.2) is 48.5 Å². The Morgan fingerprint density at radius 1 is 0.889 bits per heavy atom. The maximum atomic E-state index is 11.1. The van der Waals surface area contributed by atoms with Crippen molar-refractivity contribution >= 4 is 19.8 Å². The molecule has 3 nitrogen and oxygen atoms in total. The van der Waals surface area contributed by atoms with Crippen molar-refractivity contribution in [2.24, 2.45) is 0 Å². The second-order valence-corrected chi connectivity index (χ2v) is 4.86. The van der Waals surface area contributed by atoms with E-state index in [0.29, 0.717) is 17.5 Å². The zero-order chi connectivity index (χ0) is 13.0. The van der Waals surface area contributed by atoms with Gasteiger partial charge >= 0.3 is 8.46 Å². The van der Waals surface area contributed by atoms with Crippen LogP contribution in [0.1, 0.15) is 17.0 Å². The lowest BCUT2D eigenvalue weighted by atomic mass is 9.90. The molecule has 0 amide bonds. The Morgan fingerprint density at radius 2 is 1.33 bits per heavy atom. The van der Waals surface area contributed by atoms with Gasteiger partial charge in [-0.15, -0.1) is 0 Å². The molecule has 0 saturated heterocycles. The van der Waals surface area contributed by atoms with E-state index < -0.39 is 0 Å². The number of anilines is 2. The molecular weight excluding hydrogens is 243 g/mol. The third kappa shape index (κ3) is 2.52. The van der Waals surface area contributed by atoms with Crippen LogP contribution in [0.4, 0.5) is 11.4 Å². The SMILES string of the molecule is Nc1ccccc1C(C[PH+]=O)c1ccccc1N. The monoisotopic (exact) mass is 259 g/mol. The molecule has 1 atom stereocenters. The van der Waals surface area contributed by atoms with Crippen molar-refractivity contribution in [3.05, 3.63) is 59.7 Å². The molecule has 0 spiro atoms. The molecule has 0 aliphatic heterocycles. The zero-order valence-corrected chi connectivity index (χ0v) is 11.0. The van der Waals surface area contributed by atoms with Gasteiger partial charge in [0, 0.05) is 11.4 Å². The van der Waals surface area contributed by atoms with Crippen molar-refractivity contribution in [3.63, 3.8) is 0 Å². The van der Waals surface area contributed by atoms with Crippen LogP contribution in [-0.4, -0.2) is 6.16 Å². The Hall–Kier alpha value is -1.86. The summed E-state index contributed by atoms with van der Waals surface area (Å²) < 4.78 is 11.1. The summed E-state index contributed by atoms with van der Waals surface area (Å²) in [4.78, 5) is 0. The molecule has 92 valence electrons. The summed E-state index contributed by atoms with van der Waals surface area (Å²) in [6, 6.07) is 15.3. The summed E-state index contributed by atoms with van der Waals surface area (Å²) >= 11 is 0. The molecular formula is C14H16N2OP+. The van der Waals surface area contributed by atoms with Crippen molar-refractivity contribution in [2.75, 3.05) is 17.6 Å². The van der Waals surface area contributed by atoms with Gasteiger partial charge in [0.2, 0.25) is 0 Å². The van der Waals surface area contributed by atoms with Gasteiger partial charge in [0.1, 0.15) is 0 Å². The van der Waals surface area contributed by atoms with Crippen molar-refractivity contribution in [2.45, 2.75) is 5.92 Å². The first-order valence-corrected chi connectivity index (χ1v) is 6.89. The molecule has 0 aliphatic carbocycles. The first-order valence-electron chi connectivity index (χ1n) is 5.78. The molecule has 0 aromatic heterocycles. The molecule has 2 aromatic carbocycles. The van der Waals surface area contributed by atoms with E-state index in [1.165, 1.54) is 0 Å². The second-order valence-electron chi connectivity index (χ2n) is 4.16. The molecule has 0 bridgehead atoms. The van der Waals surface area contributed by atoms with Gasteiger partial charge in [-0.2, -0.15) is 0 Å². The minimum Gasteiger partial charge on any atom is -0.398 e. The zero-order valence-electron chi connectivity index (χ0n) is 9.97. The van der Waals surface area contributed by atoms with E-state index in [1.54, 1.807) is 0 Å². The van der Waals surface area contributed by atoms with Gasteiger partial charge < -0.3 is 11.5 Å². The number of hydrogen-bond acceptors (Lipinski definition) is 3. The number of nitrogens with two attached hydrogens (primary N) is 2. The van der Waals surface area contributed by atoms with Gasteiger partial charge in [-0.1, -0.05) is 41.0 Å². The van der Waals surface area contributed by atoms with Crippen molar-refractivity contribution < 1.29 is 4.57 Å². The van der Waals surface area contributed by atoms with Crippen LogP contribution in [0.5, 0.6) is 0 Å². The lowest BCUT2D eigenvalue weighted by Crippen LogP contribution is -2.08. The van der Waals surface area contributed by atoms with E-state index in [9.17, 15) is 4.57 Å². The topological polar surface area (TPSA) is 69.1 Å². The van der Waals surface area contributed by atoms with Gasteiger partial charge in [0.15, 0.2) is 6.16 Å². The van der Waals surface area contributed by atoms with Crippen molar-refractivity contribution in [1.29, 1.82) is 0 Å². The summed E-state index contributed by atoms with van der Waals surface area (Å²) in [5, 5.41) is 0. The first-order chi connectivity index (χ1) is 8.74. The van der Waals surface area contributed by atoms with Crippen molar-refractivity contribution in [3.8, 4) is 0 Å². The van der Waals surface area contributed by atoms with Crippen LogP contribution >= 0.6 is 8.46 Å². The average Bonchev–Trinajstić information content (AvgIpc) is 2.38. The van der Waals surface area contributed by atoms with Gasteiger partial charge in [-0.3, -0.25) is 0 Å². The number of nitrogen functional groups attached to an aromatic ring is 2.